The molecule has 0 aliphatic carbocycles. The zero-order valence-corrected chi connectivity index (χ0v) is 14.9. The molecule has 0 aromatic carbocycles. The summed E-state index contributed by atoms with van der Waals surface area (Å²) in [6, 6.07) is 3.87. The molecule has 1 aliphatic heterocycles. The van der Waals surface area contributed by atoms with Crippen molar-refractivity contribution in [1.29, 1.82) is 0 Å². The van der Waals surface area contributed by atoms with Crippen molar-refractivity contribution in [1.82, 2.24) is 15.1 Å². The second kappa shape index (κ2) is 8.09. The van der Waals surface area contributed by atoms with E-state index in [2.05, 4.69) is 25.3 Å². The highest BCUT2D eigenvalue weighted by atomic mass is 16.5. The quantitative estimate of drug-likeness (QED) is 0.867. The van der Waals surface area contributed by atoms with E-state index in [4.69, 9.17) is 4.52 Å². The number of nitrogens with zero attached hydrogens (tertiary/aromatic N) is 4. The largest absolute Gasteiger partial charge is 0.357 e. The predicted octanol–water partition coefficient (Wildman–Crippen LogP) is 3.15. The van der Waals surface area contributed by atoms with Gasteiger partial charge >= 0.3 is 0 Å². The number of anilines is 2. The summed E-state index contributed by atoms with van der Waals surface area (Å²) in [7, 11) is 0. The van der Waals surface area contributed by atoms with E-state index in [0.29, 0.717) is 30.2 Å². The van der Waals surface area contributed by atoms with Gasteiger partial charge in [-0.2, -0.15) is 4.98 Å². The average Bonchev–Trinajstić information content (AvgIpc) is 3.11. The second-order valence-electron chi connectivity index (χ2n) is 6.70. The standard InChI is InChI=1S/C18H25N5O2/c1-13(2)18-21-17(25-22-18)9-8-16(24)20-14-6-7-15(19-12-14)23-10-4-3-5-11-23/h6-7,12-13H,3-5,8-11H2,1-2H3,(H,20,24). The van der Waals surface area contributed by atoms with E-state index in [9.17, 15) is 4.79 Å². The third kappa shape index (κ3) is 4.78. The Balaban J connectivity index is 1.48. The summed E-state index contributed by atoms with van der Waals surface area (Å²) in [4.78, 5) is 23.1. The van der Waals surface area contributed by atoms with Gasteiger partial charge in [-0.3, -0.25) is 4.79 Å². The van der Waals surface area contributed by atoms with Crippen LogP contribution in [0.15, 0.2) is 22.9 Å². The van der Waals surface area contributed by atoms with Crippen molar-refractivity contribution < 1.29 is 9.32 Å². The lowest BCUT2D eigenvalue weighted by molar-refractivity contribution is -0.116. The first-order valence-electron chi connectivity index (χ1n) is 8.95. The van der Waals surface area contributed by atoms with Crippen molar-refractivity contribution in [3.8, 4) is 0 Å². The van der Waals surface area contributed by atoms with Gasteiger partial charge in [0, 0.05) is 31.8 Å². The molecule has 0 atom stereocenters. The SMILES string of the molecule is CC(C)c1noc(CCC(=O)Nc2ccc(N3CCCCC3)nc2)n1. The second-order valence-corrected chi connectivity index (χ2v) is 6.70. The van der Waals surface area contributed by atoms with Crippen molar-refractivity contribution in [3.63, 3.8) is 0 Å². The van der Waals surface area contributed by atoms with Crippen LogP contribution in [0.1, 0.15) is 57.2 Å². The lowest BCUT2D eigenvalue weighted by Gasteiger charge is -2.27. The molecule has 1 amide bonds. The third-order valence-electron chi connectivity index (χ3n) is 4.28. The number of hydrogen-bond acceptors (Lipinski definition) is 6. The molecule has 25 heavy (non-hydrogen) atoms. The minimum absolute atomic E-state index is 0.0863. The van der Waals surface area contributed by atoms with Gasteiger partial charge in [0.2, 0.25) is 11.8 Å². The normalized spacial score (nSPS) is 14.8. The molecule has 7 heteroatoms. The molecule has 1 fully saturated rings. The summed E-state index contributed by atoms with van der Waals surface area (Å²) < 4.78 is 5.15. The van der Waals surface area contributed by atoms with E-state index in [1.165, 1.54) is 19.3 Å². The Morgan fingerprint density at radius 1 is 1.28 bits per heavy atom. The van der Waals surface area contributed by atoms with E-state index in [-0.39, 0.29) is 11.8 Å². The molecule has 0 radical (unpaired) electrons. The number of piperidine rings is 1. The molecule has 2 aromatic rings. The third-order valence-corrected chi connectivity index (χ3v) is 4.28. The van der Waals surface area contributed by atoms with Crippen LogP contribution in [0.5, 0.6) is 0 Å². The first kappa shape index (κ1) is 17.4. The maximum Gasteiger partial charge on any atom is 0.227 e. The van der Waals surface area contributed by atoms with Crippen LogP contribution in [-0.4, -0.2) is 34.1 Å². The fourth-order valence-electron chi connectivity index (χ4n) is 2.82. The average molecular weight is 343 g/mol. The van der Waals surface area contributed by atoms with Crippen LogP contribution in [0.2, 0.25) is 0 Å². The lowest BCUT2D eigenvalue weighted by Crippen LogP contribution is -2.30. The molecule has 0 unspecified atom stereocenters. The number of amides is 1. The predicted molar refractivity (Wildman–Crippen MR) is 95.6 cm³/mol. The fourth-order valence-corrected chi connectivity index (χ4v) is 2.82. The summed E-state index contributed by atoms with van der Waals surface area (Å²) >= 11 is 0. The van der Waals surface area contributed by atoms with Gasteiger partial charge in [0.15, 0.2) is 5.82 Å². The zero-order chi connectivity index (χ0) is 17.6. The van der Waals surface area contributed by atoms with Crippen LogP contribution in [0, 0.1) is 0 Å². The monoisotopic (exact) mass is 343 g/mol. The number of aryl methyl sites for hydroxylation is 1. The Bertz CT molecular complexity index is 690. The minimum atomic E-state index is -0.0863. The molecule has 1 aliphatic rings. The summed E-state index contributed by atoms with van der Waals surface area (Å²) in [5, 5.41) is 6.76. The highest BCUT2D eigenvalue weighted by Gasteiger charge is 2.13. The fraction of sp³-hybridized carbons (Fsp3) is 0.556. The Labute approximate surface area is 147 Å². The van der Waals surface area contributed by atoms with Crippen LogP contribution < -0.4 is 10.2 Å². The molecule has 134 valence electrons. The Morgan fingerprint density at radius 3 is 2.72 bits per heavy atom. The zero-order valence-electron chi connectivity index (χ0n) is 14.9. The number of rotatable bonds is 6. The van der Waals surface area contributed by atoms with E-state index in [1.54, 1.807) is 6.20 Å². The van der Waals surface area contributed by atoms with Gasteiger partial charge in [0.25, 0.3) is 0 Å². The van der Waals surface area contributed by atoms with Gasteiger partial charge in [0.05, 0.1) is 11.9 Å². The van der Waals surface area contributed by atoms with E-state index < -0.39 is 0 Å². The van der Waals surface area contributed by atoms with E-state index in [1.807, 2.05) is 26.0 Å². The molecule has 0 bridgehead atoms. The van der Waals surface area contributed by atoms with E-state index in [0.717, 1.165) is 18.9 Å². The molecule has 1 N–H and O–H groups in total. The molecule has 3 rings (SSSR count). The summed E-state index contributed by atoms with van der Waals surface area (Å²) in [5.41, 5.74) is 0.708. The Morgan fingerprint density at radius 2 is 2.08 bits per heavy atom. The van der Waals surface area contributed by atoms with Crippen molar-refractivity contribution in [2.75, 3.05) is 23.3 Å². The number of pyridine rings is 1. The topological polar surface area (TPSA) is 84.2 Å². The first-order valence-corrected chi connectivity index (χ1v) is 8.95. The van der Waals surface area contributed by atoms with Gasteiger partial charge in [-0.05, 0) is 31.4 Å². The van der Waals surface area contributed by atoms with Crippen LogP contribution in [0.25, 0.3) is 0 Å². The number of nitrogens with one attached hydrogen (secondary N) is 1. The molecule has 2 aromatic heterocycles. The van der Waals surface area contributed by atoms with Gasteiger partial charge < -0.3 is 14.7 Å². The molecular formula is C18H25N5O2. The maximum absolute atomic E-state index is 12.1. The Kier molecular flexibility index (Phi) is 5.63. The maximum atomic E-state index is 12.1. The highest BCUT2D eigenvalue weighted by Crippen LogP contribution is 2.19. The lowest BCUT2D eigenvalue weighted by atomic mass is 10.1. The molecule has 7 nitrogen and oxygen atoms in total. The van der Waals surface area contributed by atoms with Crippen molar-refractivity contribution in [2.45, 2.75) is 51.9 Å². The van der Waals surface area contributed by atoms with Gasteiger partial charge in [-0.25, -0.2) is 4.98 Å². The summed E-state index contributed by atoms with van der Waals surface area (Å²) in [6.45, 7) is 6.12. The smallest absolute Gasteiger partial charge is 0.227 e. The highest BCUT2D eigenvalue weighted by molar-refractivity contribution is 5.90. The van der Waals surface area contributed by atoms with Gasteiger partial charge in [-0.1, -0.05) is 19.0 Å². The van der Waals surface area contributed by atoms with Crippen LogP contribution in [0.3, 0.4) is 0 Å². The molecular weight excluding hydrogens is 318 g/mol. The Hall–Kier alpha value is -2.44. The number of aromatic nitrogens is 3. The first-order chi connectivity index (χ1) is 12.1. The van der Waals surface area contributed by atoms with E-state index >= 15 is 0 Å². The number of carbonyl (C=O) groups is 1. The van der Waals surface area contributed by atoms with Crippen LogP contribution in [0.4, 0.5) is 11.5 Å². The van der Waals surface area contributed by atoms with Crippen LogP contribution in [-0.2, 0) is 11.2 Å². The van der Waals surface area contributed by atoms with Gasteiger partial charge in [-0.15, -0.1) is 0 Å². The van der Waals surface area contributed by atoms with Crippen molar-refractivity contribution in [3.05, 3.63) is 30.0 Å². The molecule has 0 saturated carbocycles. The van der Waals surface area contributed by atoms with Crippen molar-refractivity contribution >= 4 is 17.4 Å². The summed E-state index contributed by atoms with van der Waals surface area (Å²) in [5.74, 6) is 2.28. The molecule has 1 saturated heterocycles. The minimum Gasteiger partial charge on any atom is -0.357 e. The number of carbonyl (C=O) groups excluding carboxylic acids is 1. The van der Waals surface area contributed by atoms with Crippen molar-refractivity contribution in [2.24, 2.45) is 0 Å². The number of hydrogen-bond donors (Lipinski definition) is 1. The summed E-state index contributed by atoms with van der Waals surface area (Å²) in [6.07, 6.45) is 6.18. The van der Waals surface area contributed by atoms with Crippen LogP contribution >= 0.6 is 0 Å². The molecule has 0 spiro atoms. The molecule has 3 heterocycles. The van der Waals surface area contributed by atoms with Gasteiger partial charge in [0.1, 0.15) is 5.82 Å².